The zero-order valence-corrected chi connectivity index (χ0v) is 12.4. The summed E-state index contributed by atoms with van der Waals surface area (Å²) in [5.41, 5.74) is 1.32. The number of methoxy groups -OCH3 is 1. The molecule has 0 aliphatic carbocycles. The molecule has 0 saturated carbocycles. The summed E-state index contributed by atoms with van der Waals surface area (Å²) < 4.78 is 4.94. The van der Waals surface area contributed by atoms with Crippen LogP contribution in [0.4, 0.5) is 0 Å². The molecule has 1 aliphatic heterocycles. The van der Waals surface area contributed by atoms with Crippen molar-refractivity contribution in [2.24, 2.45) is 0 Å². The number of nitrogens with zero attached hydrogens (tertiary/aromatic N) is 2. The molecular weight excluding hydrogens is 252 g/mol. The molecule has 0 N–H and O–H groups in total. The SMILES string of the molecule is COCC(=O)N1CCCC(N(C)Cc2ccccc2)C1. The minimum atomic E-state index is 0.102. The molecule has 1 atom stereocenters. The molecule has 1 aromatic carbocycles. The fourth-order valence-electron chi connectivity index (χ4n) is 2.76. The second-order valence-electron chi connectivity index (χ2n) is 5.47. The lowest BCUT2D eigenvalue weighted by Crippen LogP contribution is -2.49. The Balaban J connectivity index is 1.89. The van der Waals surface area contributed by atoms with Crippen LogP contribution in [0, 0.1) is 0 Å². The van der Waals surface area contributed by atoms with Crippen molar-refractivity contribution in [2.75, 3.05) is 33.9 Å². The Morgan fingerprint density at radius 2 is 2.15 bits per heavy atom. The molecule has 1 saturated heterocycles. The Bertz CT molecular complexity index is 422. The Morgan fingerprint density at radius 1 is 1.40 bits per heavy atom. The lowest BCUT2D eigenvalue weighted by Gasteiger charge is -2.37. The maximum Gasteiger partial charge on any atom is 0.248 e. The van der Waals surface area contributed by atoms with Crippen LogP contribution in [0.25, 0.3) is 0 Å². The van der Waals surface area contributed by atoms with Crippen LogP contribution in [0.15, 0.2) is 30.3 Å². The van der Waals surface area contributed by atoms with Crippen LogP contribution < -0.4 is 0 Å². The van der Waals surface area contributed by atoms with E-state index in [1.54, 1.807) is 7.11 Å². The predicted molar refractivity (Wildman–Crippen MR) is 79.4 cm³/mol. The van der Waals surface area contributed by atoms with Crippen molar-refractivity contribution in [3.8, 4) is 0 Å². The van der Waals surface area contributed by atoms with Gasteiger partial charge in [-0.25, -0.2) is 0 Å². The maximum absolute atomic E-state index is 11.9. The van der Waals surface area contributed by atoms with Gasteiger partial charge in [0.15, 0.2) is 0 Å². The molecule has 0 aromatic heterocycles. The molecule has 110 valence electrons. The van der Waals surface area contributed by atoms with Crippen LogP contribution in [-0.2, 0) is 16.1 Å². The topological polar surface area (TPSA) is 32.8 Å². The van der Waals surface area contributed by atoms with E-state index in [2.05, 4.69) is 36.2 Å². The summed E-state index contributed by atoms with van der Waals surface area (Å²) in [6, 6.07) is 10.9. The second kappa shape index (κ2) is 7.41. The lowest BCUT2D eigenvalue weighted by molar-refractivity contribution is -0.137. The fourth-order valence-corrected chi connectivity index (χ4v) is 2.76. The number of carbonyl (C=O) groups is 1. The molecular formula is C16H24N2O2. The second-order valence-corrected chi connectivity index (χ2v) is 5.47. The molecule has 1 unspecified atom stereocenters. The van der Waals surface area contributed by atoms with Gasteiger partial charge in [0.05, 0.1) is 0 Å². The van der Waals surface area contributed by atoms with Gasteiger partial charge in [0.1, 0.15) is 6.61 Å². The van der Waals surface area contributed by atoms with Gasteiger partial charge in [0.25, 0.3) is 0 Å². The Kier molecular flexibility index (Phi) is 5.56. The number of carbonyl (C=O) groups excluding carboxylic acids is 1. The zero-order valence-electron chi connectivity index (χ0n) is 12.4. The van der Waals surface area contributed by atoms with E-state index in [1.165, 1.54) is 5.56 Å². The van der Waals surface area contributed by atoms with Gasteiger partial charge >= 0.3 is 0 Å². The quantitative estimate of drug-likeness (QED) is 0.821. The molecule has 4 nitrogen and oxygen atoms in total. The Hall–Kier alpha value is -1.39. The molecule has 2 rings (SSSR count). The van der Waals surface area contributed by atoms with Gasteiger partial charge in [-0.2, -0.15) is 0 Å². The number of ether oxygens (including phenoxy) is 1. The van der Waals surface area contributed by atoms with Crippen LogP contribution in [0.2, 0.25) is 0 Å². The van der Waals surface area contributed by atoms with E-state index < -0.39 is 0 Å². The smallest absolute Gasteiger partial charge is 0.248 e. The number of piperidine rings is 1. The molecule has 1 aromatic rings. The predicted octanol–water partition coefficient (Wildman–Crippen LogP) is 1.76. The third-order valence-corrected chi connectivity index (χ3v) is 3.92. The average Bonchev–Trinajstić information content (AvgIpc) is 2.48. The monoisotopic (exact) mass is 276 g/mol. The van der Waals surface area contributed by atoms with Crippen LogP contribution in [0.3, 0.4) is 0 Å². The Labute approximate surface area is 121 Å². The number of likely N-dealkylation sites (N-methyl/N-ethyl adjacent to an activating group) is 1. The number of likely N-dealkylation sites (tertiary alicyclic amines) is 1. The molecule has 1 aliphatic rings. The van der Waals surface area contributed by atoms with Crippen molar-refractivity contribution in [3.63, 3.8) is 0 Å². The third kappa shape index (κ3) is 4.05. The summed E-state index contributed by atoms with van der Waals surface area (Å²) in [6.07, 6.45) is 2.22. The number of hydrogen-bond donors (Lipinski definition) is 0. The largest absolute Gasteiger partial charge is 0.375 e. The molecule has 0 bridgehead atoms. The first-order valence-electron chi connectivity index (χ1n) is 7.21. The van der Waals surface area contributed by atoms with Gasteiger partial charge in [-0.05, 0) is 25.5 Å². The summed E-state index contributed by atoms with van der Waals surface area (Å²) in [5, 5.41) is 0. The number of amides is 1. The fraction of sp³-hybridized carbons (Fsp3) is 0.562. The normalized spacial score (nSPS) is 19.4. The third-order valence-electron chi connectivity index (χ3n) is 3.92. The summed E-state index contributed by atoms with van der Waals surface area (Å²) in [6.45, 7) is 2.79. The van der Waals surface area contributed by atoms with Gasteiger partial charge in [-0.3, -0.25) is 9.69 Å². The highest BCUT2D eigenvalue weighted by Gasteiger charge is 2.25. The van der Waals surface area contributed by atoms with Crippen molar-refractivity contribution in [2.45, 2.75) is 25.4 Å². The summed E-state index contributed by atoms with van der Waals surface area (Å²) >= 11 is 0. The van der Waals surface area contributed by atoms with Crippen LogP contribution in [-0.4, -0.2) is 55.6 Å². The van der Waals surface area contributed by atoms with Crippen LogP contribution in [0.5, 0.6) is 0 Å². The average molecular weight is 276 g/mol. The first-order valence-corrected chi connectivity index (χ1v) is 7.21. The van der Waals surface area contributed by atoms with Gasteiger partial charge in [-0.1, -0.05) is 30.3 Å². The number of benzene rings is 1. The van der Waals surface area contributed by atoms with E-state index in [0.29, 0.717) is 6.04 Å². The minimum Gasteiger partial charge on any atom is -0.375 e. The molecule has 4 heteroatoms. The van der Waals surface area contributed by atoms with E-state index in [4.69, 9.17) is 4.74 Å². The summed E-state index contributed by atoms with van der Waals surface area (Å²) in [7, 11) is 3.71. The summed E-state index contributed by atoms with van der Waals surface area (Å²) in [4.78, 5) is 16.2. The minimum absolute atomic E-state index is 0.102. The van der Waals surface area contributed by atoms with E-state index in [-0.39, 0.29) is 12.5 Å². The molecule has 0 radical (unpaired) electrons. The van der Waals surface area contributed by atoms with Crippen molar-refractivity contribution < 1.29 is 9.53 Å². The Morgan fingerprint density at radius 3 is 2.85 bits per heavy atom. The van der Waals surface area contributed by atoms with Gasteiger partial charge in [0, 0.05) is 32.8 Å². The highest BCUT2D eigenvalue weighted by molar-refractivity contribution is 5.77. The highest BCUT2D eigenvalue weighted by atomic mass is 16.5. The van der Waals surface area contributed by atoms with Crippen LogP contribution >= 0.6 is 0 Å². The van der Waals surface area contributed by atoms with E-state index in [0.717, 1.165) is 32.5 Å². The number of rotatable bonds is 5. The van der Waals surface area contributed by atoms with Crippen molar-refractivity contribution in [1.29, 1.82) is 0 Å². The van der Waals surface area contributed by atoms with E-state index in [1.807, 2.05) is 11.0 Å². The van der Waals surface area contributed by atoms with E-state index >= 15 is 0 Å². The standard InChI is InChI=1S/C16H24N2O2/c1-17(11-14-7-4-3-5-8-14)15-9-6-10-18(12-15)16(19)13-20-2/h3-5,7-8,15H,6,9-13H2,1-2H3. The van der Waals surface area contributed by atoms with Crippen molar-refractivity contribution >= 4 is 5.91 Å². The van der Waals surface area contributed by atoms with Gasteiger partial charge in [-0.15, -0.1) is 0 Å². The van der Waals surface area contributed by atoms with Crippen molar-refractivity contribution in [1.82, 2.24) is 9.80 Å². The number of hydrogen-bond acceptors (Lipinski definition) is 3. The van der Waals surface area contributed by atoms with Gasteiger partial charge in [0.2, 0.25) is 5.91 Å². The van der Waals surface area contributed by atoms with Crippen molar-refractivity contribution in [3.05, 3.63) is 35.9 Å². The first-order chi connectivity index (χ1) is 9.70. The zero-order chi connectivity index (χ0) is 14.4. The molecule has 1 fully saturated rings. The van der Waals surface area contributed by atoms with Gasteiger partial charge < -0.3 is 9.64 Å². The maximum atomic E-state index is 11.9. The first kappa shape index (κ1) is 15.0. The van der Waals surface area contributed by atoms with E-state index in [9.17, 15) is 4.79 Å². The molecule has 0 spiro atoms. The molecule has 1 amide bonds. The molecule has 20 heavy (non-hydrogen) atoms. The van der Waals surface area contributed by atoms with Crippen LogP contribution in [0.1, 0.15) is 18.4 Å². The molecule has 1 heterocycles. The highest BCUT2D eigenvalue weighted by Crippen LogP contribution is 2.17. The lowest BCUT2D eigenvalue weighted by atomic mass is 10.0. The summed E-state index contributed by atoms with van der Waals surface area (Å²) in [5.74, 6) is 0.102.